The van der Waals surface area contributed by atoms with E-state index >= 15 is 0 Å². The van der Waals surface area contributed by atoms with E-state index in [1.54, 1.807) is 0 Å². The highest BCUT2D eigenvalue weighted by atomic mass is 15.3. The number of imidazole rings is 1. The Morgan fingerprint density at radius 3 is 3.00 bits per heavy atom. The lowest BCUT2D eigenvalue weighted by Gasteiger charge is -2.27. The van der Waals surface area contributed by atoms with E-state index < -0.39 is 0 Å². The van der Waals surface area contributed by atoms with Gasteiger partial charge in [-0.3, -0.25) is 0 Å². The molecular formula is C14H20N4. The fourth-order valence-corrected chi connectivity index (χ4v) is 2.62. The number of aromatic amines is 1. The lowest BCUT2D eigenvalue weighted by Crippen LogP contribution is -2.42. The van der Waals surface area contributed by atoms with Gasteiger partial charge in [-0.15, -0.1) is 0 Å². The van der Waals surface area contributed by atoms with Crippen molar-refractivity contribution in [2.75, 3.05) is 25.0 Å². The number of nitrogens with zero attached hydrogens (tertiary/aromatic N) is 2. The van der Waals surface area contributed by atoms with E-state index in [0.717, 1.165) is 30.1 Å². The van der Waals surface area contributed by atoms with E-state index in [1.165, 1.54) is 19.3 Å². The van der Waals surface area contributed by atoms with Gasteiger partial charge in [0.25, 0.3) is 0 Å². The van der Waals surface area contributed by atoms with Gasteiger partial charge in [0.1, 0.15) is 0 Å². The lowest BCUT2D eigenvalue weighted by atomic mass is 10.1. The summed E-state index contributed by atoms with van der Waals surface area (Å²) in [5.74, 6) is 0.962. The molecule has 1 aliphatic rings. The zero-order valence-corrected chi connectivity index (χ0v) is 10.8. The Kier molecular flexibility index (Phi) is 3.19. The second kappa shape index (κ2) is 4.98. The molecule has 1 aliphatic heterocycles. The number of para-hydroxylation sites is 2. The van der Waals surface area contributed by atoms with E-state index in [-0.39, 0.29) is 0 Å². The first-order valence-electron chi connectivity index (χ1n) is 6.72. The molecule has 0 bridgehead atoms. The van der Waals surface area contributed by atoms with Gasteiger partial charge < -0.3 is 15.2 Å². The first-order valence-corrected chi connectivity index (χ1v) is 6.72. The third kappa shape index (κ3) is 2.34. The van der Waals surface area contributed by atoms with Crippen LogP contribution in [-0.4, -0.2) is 36.1 Å². The van der Waals surface area contributed by atoms with Crippen LogP contribution in [0.25, 0.3) is 11.0 Å². The summed E-state index contributed by atoms with van der Waals surface area (Å²) in [5.41, 5.74) is 2.15. The van der Waals surface area contributed by atoms with Crippen LogP contribution in [0.5, 0.6) is 0 Å². The van der Waals surface area contributed by atoms with Crippen LogP contribution >= 0.6 is 0 Å². The van der Waals surface area contributed by atoms with Crippen LogP contribution in [-0.2, 0) is 0 Å². The zero-order chi connectivity index (χ0) is 12.4. The fraction of sp³-hybridized carbons (Fsp3) is 0.500. The molecule has 0 saturated carbocycles. The van der Waals surface area contributed by atoms with Crippen LogP contribution in [0.4, 0.5) is 5.95 Å². The number of hydrogen-bond donors (Lipinski definition) is 2. The van der Waals surface area contributed by atoms with Crippen LogP contribution in [0.3, 0.4) is 0 Å². The number of fused-ring (bicyclic) bond motifs is 1. The number of nitrogens with one attached hydrogen (secondary N) is 2. The second-order valence-electron chi connectivity index (χ2n) is 5.10. The number of rotatable bonds is 3. The van der Waals surface area contributed by atoms with Crippen molar-refractivity contribution in [3.8, 4) is 0 Å². The Balaban J connectivity index is 1.72. The number of hydrogen-bond acceptors (Lipinski definition) is 3. The molecule has 0 radical (unpaired) electrons. The van der Waals surface area contributed by atoms with Gasteiger partial charge in [0.15, 0.2) is 0 Å². The minimum absolute atomic E-state index is 0.594. The largest absolute Gasteiger partial charge is 0.344 e. The third-order valence-corrected chi connectivity index (χ3v) is 3.65. The van der Waals surface area contributed by atoms with Crippen molar-refractivity contribution < 1.29 is 0 Å². The van der Waals surface area contributed by atoms with Crippen molar-refractivity contribution in [3.63, 3.8) is 0 Å². The standard InChI is InChI=1S/C14H20N4/c1-18(10-11-6-4-5-9-15-11)14-16-12-7-2-3-8-13(12)17-14/h2-3,7-8,11,15H,4-6,9-10H2,1H3,(H,16,17)/t11-/m0/s1. The average Bonchev–Trinajstić information content (AvgIpc) is 2.84. The van der Waals surface area contributed by atoms with Crippen molar-refractivity contribution in [1.29, 1.82) is 0 Å². The summed E-state index contributed by atoms with van der Waals surface area (Å²) in [4.78, 5) is 10.2. The summed E-state index contributed by atoms with van der Waals surface area (Å²) < 4.78 is 0. The quantitative estimate of drug-likeness (QED) is 0.869. The van der Waals surface area contributed by atoms with Gasteiger partial charge in [-0.2, -0.15) is 0 Å². The molecule has 0 spiro atoms. The maximum Gasteiger partial charge on any atom is 0.203 e. The molecule has 1 saturated heterocycles. The van der Waals surface area contributed by atoms with E-state index in [4.69, 9.17) is 0 Å². The van der Waals surface area contributed by atoms with Gasteiger partial charge >= 0.3 is 0 Å². The highest BCUT2D eigenvalue weighted by molar-refractivity contribution is 5.77. The highest BCUT2D eigenvalue weighted by Crippen LogP contribution is 2.17. The molecule has 18 heavy (non-hydrogen) atoms. The van der Waals surface area contributed by atoms with Gasteiger partial charge in [-0.05, 0) is 31.5 Å². The monoisotopic (exact) mass is 244 g/mol. The maximum atomic E-state index is 4.62. The molecule has 1 aromatic heterocycles. The maximum absolute atomic E-state index is 4.62. The van der Waals surface area contributed by atoms with Gasteiger partial charge in [-0.1, -0.05) is 18.6 Å². The number of aromatic nitrogens is 2. The van der Waals surface area contributed by atoms with Crippen molar-refractivity contribution in [2.45, 2.75) is 25.3 Å². The summed E-state index contributed by atoms with van der Waals surface area (Å²) in [6.07, 6.45) is 3.92. The van der Waals surface area contributed by atoms with Crippen molar-refractivity contribution in [3.05, 3.63) is 24.3 Å². The second-order valence-corrected chi connectivity index (χ2v) is 5.10. The molecule has 0 amide bonds. The molecule has 1 aromatic carbocycles. The number of H-pyrrole nitrogens is 1. The SMILES string of the molecule is CN(C[C@@H]1CCCCN1)c1nc2ccccc2[nH]1. The molecule has 2 aromatic rings. The molecule has 3 rings (SSSR count). The minimum Gasteiger partial charge on any atom is -0.344 e. The van der Waals surface area contributed by atoms with Crippen LogP contribution in [0.15, 0.2) is 24.3 Å². The molecule has 0 unspecified atom stereocenters. The zero-order valence-electron chi connectivity index (χ0n) is 10.8. The Morgan fingerprint density at radius 1 is 1.33 bits per heavy atom. The van der Waals surface area contributed by atoms with Gasteiger partial charge in [0.2, 0.25) is 5.95 Å². The number of likely N-dealkylation sites (N-methyl/N-ethyl adjacent to an activating group) is 1. The Bertz CT molecular complexity index is 480. The first kappa shape index (κ1) is 11.5. The smallest absolute Gasteiger partial charge is 0.203 e. The molecule has 0 aliphatic carbocycles. The van der Waals surface area contributed by atoms with Gasteiger partial charge in [0.05, 0.1) is 11.0 Å². The van der Waals surface area contributed by atoms with E-state index in [2.05, 4.69) is 33.3 Å². The average molecular weight is 244 g/mol. The van der Waals surface area contributed by atoms with Crippen LogP contribution < -0.4 is 10.2 Å². The van der Waals surface area contributed by atoms with Crippen LogP contribution in [0, 0.1) is 0 Å². The van der Waals surface area contributed by atoms with Crippen LogP contribution in [0.1, 0.15) is 19.3 Å². The molecule has 1 atom stereocenters. The summed E-state index contributed by atoms with van der Waals surface area (Å²) >= 11 is 0. The Hall–Kier alpha value is -1.55. The lowest BCUT2D eigenvalue weighted by molar-refractivity contribution is 0.402. The molecule has 2 N–H and O–H groups in total. The summed E-state index contributed by atoms with van der Waals surface area (Å²) in [6.45, 7) is 2.17. The normalized spacial score (nSPS) is 20.2. The van der Waals surface area contributed by atoms with Gasteiger partial charge in [0, 0.05) is 19.6 Å². The molecule has 4 heteroatoms. The van der Waals surface area contributed by atoms with Crippen molar-refractivity contribution >= 4 is 17.0 Å². The first-order chi connectivity index (χ1) is 8.83. The Morgan fingerprint density at radius 2 is 2.22 bits per heavy atom. The predicted octanol–water partition coefficient (Wildman–Crippen LogP) is 2.14. The van der Waals surface area contributed by atoms with E-state index in [0.29, 0.717) is 6.04 Å². The minimum atomic E-state index is 0.594. The van der Waals surface area contributed by atoms with Crippen LogP contribution in [0.2, 0.25) is 0 Å². The molecule has 1 fully saturated rings. The van der Waals surface area contributed by atoms with Crippen molar-refractivity contribution in [2.24, 2.45) is 0 Å². The van der Waals surface area contributed by atoms with Gasteiger partial charge in [-0.25, -0.2) is 4.98 Å². The highest BCUT2D eigenvalue weighted by Gasteiger charge is 2.16. The third-order valence-electron chi connectivity index (χ3n) is 3.65. The molecule has 2 heterocycles. The summed E-state index contributed by atoms with van der Waals surface area (Å²) in [5, 5.41) is 3.57. The Labute approximate surface area is 107 Å². The fourth-order valence-electron chi connectivity index (χ4n) is 2.62. The van der Waals surface area contributed by atoms with Crippen molar-refractivity contribution in [1.82, 2.24) is 15.3 Å². The topological polar surface area (TPSA) is 44.0 Å². The van der Waals surface area contributed by atoms with E-state index in [1.807, 2.05) is 18.2 Å². The number of piperidine rings is 1. The number of benzene rings is 1. The van der Waals surface area contributed by atoms with E-state index in [9.17, 15) is 0 Å². The number of anilines is 1. The molecule has 4 nitrogen and oxygen atoms in total. The molecular weight excluding hydrogens is 224 g/mol. The summed E-state index contributed by atoms with van der Waals surface area (Å²) in [7, 11) is 2.11. The predicted molar refractivity (Wildman–Crippen MR) is 75.0 cm³/mol. The summed E-state index contributed by atoms with van der Waals surface area (Å²) in [6, 6.07) is 8.76. The molecule has 96 valence electrons.